The largest absolute Gasteiger partial charge is 0.573 e. The minimum atomic E-state index is -5.04. The first-order valence-electron chi connectivity index (χ1n) is 40.1. The van der Waals surface area contributed by atoms with Crippen LogP contribution in [0.15, 0.2) is 127 Å². The fourth-order valence-electron chi connectivity index (χ4n) is 15.3. The SMILES string of the molecule is CN[C@@H](CC(C)C)C(=O)N[C@H]1C(=O)N[C@@H](CC(N)=O)C(=O)NC2C(=O)N[C@@H]3C(=O)N[C@@H](C(=O)N[C@@H](C(=O)NCCCCN)c4cc(O)cc(O)c4-c4cc3ccc4O)[C@H](O)c3ccc(c(Cl)c3)Oc3cc2cc(c3OC2O[C@@H](CO)[C@@H](O)[C@@H](O)[C@H]2O[C@H]2CC(C)(NCc3cccc(NC(=O)c4cccc(OC(F)(F)F)c4)c3)[C@@H](O)C(C)O2)Oc2ccc(cc2Cl)[C@H]1O. The lowest BCUT2D eigenvalue weighted by Crippen LogP contribution is -2.65. The van der Waals surface area contributed by atoms with E-state index in [4.69, 9.17) is 63.1 Å². The van der Waals surface area contributed by atoms with E-state index >= 15 is 24.0 Å². The number of halogens is 5. The molecular weight excluding hydrogens is 1720 g/mol. The molecule has 0 aliphatic carbocycles. The molecule has 9 amide bonds. The molecule has 127 heavy (non-hydrogen) atoms. The average molecular weight is 1810 g/mol. The number of benzene rings is 7. The molecule has 680 valence electrons. The molecule has 7 aromatic carbocycles. The predicted octanol–water partition coefficient (Wildman–Crippen LogP) is 3.86. The van der Waals surface area contributed by atoms with Crippen molar-refractivity contribution in [2.45, 2.75) is 182 Å². The third-order valence-electron chi connectivity index (χ3n) is 21.9. The predicted molar refractivity (Wildman–Crippen MR) is 443 cm³/mol. The van der Waals surface area contributed by atoms with Crippen LogP contribution in [0, 0.1) is 5.92 Å². The third kappa shape index (κ3) is 22.1. The molecule has 7 aliphatic heterocycles. The number of phenolic OH excluding ortho intramolecular Hbond substituents is 3. The van der Waals surface area contributed by atoms with Crippen molar-refractivity contribution in [2.24, 2.45) is 17.4 Å². The normalized spacial score (nSPS) is 25.8. The van der Waals surface area contributed by atoms with Crippen molar-refractivity contribution in [3.05, 3.63) is 176 Å². The van der Waals surface area contributed by atoms with Crippen LogP contribution in [0.2, 0.25) is 10.0 Å². The van der Waals surface area contributed by atoms with Gasteiger partial charge in [0.05, 0.1) is 41.3 Å². The standard InChI is InChI=1S/C85H95Cl2F3N12O25/c1-36(2)22-51(93-5)76(114)101-66-68(108)40-15-18-55(49(86)26-40)122-57-28-43-29-58(72(57)126-83-73(71(111)70(110)59(35-103)124-83)125-61-33-84(4,74(112)37(3)121-61)95-34-38-10-8-12-44(23-38)96-75(113)42-11-9-13-46(24-42)127-85(88,89)90)123-56-19-16-41(27-50(56)87)69(109)67-82(120)100-65(78(116)94-21-7-6-20-91)48-30-45(104)31-54(106)62(48)47-25-39(14-17-53(47)105)63(79(117)102-67)99-80(118)64(43)98-77(115)52(32-60(92)107)97-81(66)119/h8-19,23-31,36-37,51-52,59,61,63-71,73-74,83,93,95,103-106,108-112H,6-7,20-22,32-35,91H2,1-5H3,(H2,92,107)(H,94,116)(H,96,113)(H,97,119)(H,98,115)(H,99,118)(H,100,120)(H,101,114)(H,102,117)/t37?,51-,52-,59-,61-,63-,64?,65+,66+,67+,68+,69+,70+,71+,73+,74-,83?,84?/m0/s1. The van der Waals surface area contributed by atoms with Gasteiger partial charge in [-0.15, -0.1) is 13.2 Å². The number of rotatable bonds is 23. The monoisotopic (exact) mass is 1810 g/mol. The molecule has 0 aromatic heterocycles. The second-order valence-electron chi connectivity index (χ2n) is 31.7. The maximum Gasteiger partial charge on any atom is 0.573 e. The van der Waals surface area contributed by atoms with Crippen LogP contribution >= 0.6 is 23.2 Å². The molecule has 37 nitrogen and oxygen atoms in total. The first kappa shape index (κ1) is 94.4. The van der Waals surface area contributed by atoms with Crippen molar-refractivity contribution < 1.29 is 135 Å². The molecular formula is C85H95Cl2F3N12O25. The number of nitrogens with two attached hydrogens (primary N) is 2. The number of hydrogen-bond donors (Lipinski definition) is 21. The zero-order valence-electron chi connectivity index (χ0n) is 68.5. The van der Waals surface area contributed by atoms with Crippen LogP contribution in [0.1, 0.15) is 134 Å². The number of aliphatic hydroxyl groups is 6. The number of amides is 9. The van der Waals surface area contributed by atoms with Crippen LogP contribution in [0.25, 0.3) is 11.1 Å². The first-order chi connectivity index (χ1) is 60.2. The fraction of sp³-hybridized carbons (Fsp3) is 0.400. The summed E-state index contributed by atoms with van der Waals surface area (Å²) < 4.78 is 82.8. The molecule has 7 aromatic rings. The Morgan fingerprint density at radius 3 is 2.00 bits per heavy atom. The van der Waals surface area contributed by atoms with E-state index in [0.717, 1.165) is 78.9 Å². The van der Waals surface area contributed by atoms with Crippen LogP contribution < -0.4 is 83.6 Å². The smallest absolute Gasteiger partial charge is 0.508 e. The van der Waals surface area contributed by atoms with Crippen molar-refractivity contribution in [1.29, 1.82) is 0 Å². The summed E-state index contributed by atoms with van der Waals surface area (Å²) >= 11 is 14.4. The van der Waals surface area contributed by atoms with Gasteiger partial charge in [-0.3, -0.25) is 43.2 Å². The number of likely N-dealkylation sites (N-methyl/N-ethyl adjacent to an activating group) is 1. The van der Waals surface area contributed by atoms with Crippen LogP contribution in [-0.2, 0) is 59.1 Å². The van der Waals surface area contributed by atoms with Crippen molar-refractivity contribution in [2.75, 3.05) is 32.1 Å². The molecule has 0 saturated carbocycles. The molecule has 7 heterocycles. The quantitative estimate of drug-likeness (QED) is 0.0404. The fourth-order valence-corrected chi connectivity index (χ4v) is 15.8. The zero-order valence-corrected chi connectivity index (χ0v) is 70.0. The zero-order chi connectivity index (χ0) is 91.9. The minimum absolute atomic E-state index is 0.0481. The van der Waals surface area contributed by atoms with E-state index in [1.165, 1.54) is 44.3 Å². The van der Waals surface area contributed by atoms with E-state index in [0.29, 0.717) is 18.4 Å². The van der Waals surface area contributed by atoms with Crippen molar-refractivity contribution in [3.8, 4) is 62.9 Å². The lowest BCUT2D eigenvalue weighted by molar-refractivity contribution is -0.334. The van der Waals surface area contributed by atoms with E-state index in [9.17, 15) is 78.3 Å². The number of nitrogens with one attached hydrogen (secondary N) is 10. The molecule has 11 bridgehead atoms. The van der Waals surface area contributed by atoms with E-state index in [-0.39, 0.29) is 77.6 Å². The third-order valence-corrected chi connectivity index (χ3v) is 22.5. The number of ether oxygens (including phenoxy) is 7. The highest BCUT2D eigenvalue weighted by atomic mass is 35.5. The lowest BCUT2D eigenvalue weighted by atomic mass is 9.84. The summed E-state index contributed by atoms with van der Waals surface area (Å²) in [5, 5.41) is 133. The number of primary amides is 1. The number of aromatic hydroxyl groups is 3. The minimum Gasteiger partial charge on any atom is -0.508 e. The van der Waals surface area contributed by atoms with Gasteiger partial charge in [0.15, 0.2) is 23.9 Å². The molecule has 18 atom stereocenters. The Bertz CT molecular complexity index is 5320. The number of unbranched alkanes of at least 4 members (excludes halogenated alkanes) is 1. The van der Waals surface area contributed by atoms with E-state index in [1.807, 2.05) is 13.8 Å². The first-order valence-corrected chi connectivity index (χ1v) is 40.9. The Morgan fingerprint density at radius 2 is 1.35 bits per heavy atom. The van der Waals surface area contributed by atoms with Gasteiger partial charge in [0.1, 0.15) is 101 Å². The summed E-state index contributed by atoms with van der Waals surface area (Å²) in [7, 11) is 1.46. The Morgan fingerprint density at radius 1 is 0.701 bits per heavy atom. The molecule has 0 radical (unpaired) electrons. The van der Waals surface area contributed by atoms with Crippen molar-refractivity contribution in [1.82, 2.24) is 47.9 Å². The Kier molecular flexibility index (Phi) is 29.8. The van der Waals surface area contributed by atoms with Gasteiger partial charge >= 0.3 is 6.36 Å². The highest BCUT2D eigenvalue weighted by molar-refractivity contribution is 6.32. The highest BCUT2D eigenvalue weighted by Gasteiger charge is 2.53. The maximum atomic E-state index is 16.4. The van der Waals surface area contributed by atoms with Crippen LogP contribution in [0.4, 0.5) is 18.9 Å². The number of phenols is 3. The van der Waals surface area contributed by atoms with Crippen molar-refractivity contribution in [3.63, 3.8) is 0 Å². The number of anilines is 1. The number of aliphatic hydroxyl groups excluding tert-OH is 6. The summed E-state index contributed by atoms with van der Waals surface area (Å²) in [5.41, 5.74) is 8.11. The Balaban J connectivity index is 1.01. The van der Waals surface area contributed by atoms with Crippen LogP contribution in [0.5, 0.6) is 51.7 Å². The molecule has 4 unspecified atom stereocenters. The molecule has 42 heteroatoms. The molecule has 7 aliphatic rings. The van der Waals surface area contributed by atoms with E-state index in [2.05, 4.69) is 57.9 Å². The Hall–Kier alpha value is -11.7. The second kappa shape index (κ2) is 40.1. The molecule has 23 N–H and O–H groups in total. The van der Waals surface area contributed by atoms with Crippen LogP contribution in [-0.4, -0.2) is 211 Å². The summed E-state index contributed by atoms with van der Waals surface area (Å²) in [6.07, 6.45) is -24.0. The Labute approximate surface area is 732 Å². The summed E-state index contributed by atoms with van der Waals surface area (Å²) in [6.45, 7) is 5.77. The topological polar surface area (TPSA) is 573 Å². The molecule has 2 saturated heterocycles. The van der Waals surface area contributed by atoms with Gasteiger partial charge in [-0.2, -0.15) is 0 Å². The van der Waals surface area contributed by atoms with Gasteiger partial charge in [0.25, 0.3) is 5.91 Å². The highest BCUT2D eigenvalue weighted by Crippen LogP contribution is 2.50. The molecule has 14 rings (SSSR count). The number of alkyl halides is 3. The van der Waals surface area contributed by atoms with E-state index in [1.54, 1.807) is 25.1 Å². The summed E-state index contributed by atoms with van der Waals surface area (Å²) in [6, 6.07) is 10.4. The average Bonchev–Trinajstić information content (AvgIpc) is 0.762. The summed E-state index contributed by atoms with van der Waals surface area (Å²) in [4.78, 5) is 134. The van der Waals surface area contributed by atoms with E-state index < -0.39 is 255 Å². The molecule has 0 spiro atoms. The van der Waals surface area contributed by atoms with Gasteiger partial charge < -0.3 is 144 Å². The van der Waals surface area contributed by atoms with Gasteiger partial charge in [-0.1, -0.05) is 73.4 Å². The van der Waals surface area contributed by atoms with Gasteiger partial charge in [-0.25, -0.2) is 0 Å². The number of fused-ring (bicyclic) bond motifs is 15. The summed E-state index contributed by atoms with van der Waals surface area (Å²) in [5.74, 6) is -16.7. The van der Waals surface area contributed by atoms with Crippen LogP contribution in [0.3, 0.4) is 0 Å². The van der Waals surface area contributed by atoms with Gasteiger partial charge in [0, 0.05) is 53.5 Å². The van der Waals surface area contributed by atoms with Gasteiger partial charge in [0.2, 0.25) is 59.3 Å². The second-order valence-corrected chi connectivity index (χ2v) is 32.5. The number of carbonyl (C=O) groups excluding carboxylic acids is 9. The number of carbonyl (C=O) groups is 9. The van der Waals surface area contributed by atoms with Crippen molar-refractivity contribution >= 4 is 82.1 Å². The maximum absolute atomic E-state index is 16.4. The molecule has 2 fully saturated rings. The lowest BCUT2D eigenvalue weighted by Gasteiger charge is -2.48. The van der Waals surface area contributed by atoms with Gasteiger partial charge in [-0.05, 0) is 171 Å². The number of hydrogen-bond acceptors (Lipinski definition) is 28.